The second-order valence-corrected chi connectivity index (χ2v) is 7.35. The predicted octanol–water partition coefficient (Wildman–Crippen LogP) is 2.27. The average Bonchev–Trinajstić information content (AvgIpc) is 2.83. The minimum Gasteiger partial charge on any atom is -0.369 e. The Morgan fingerprint density at radius 3 is 3.10 bits per heavy atom. The molecule has 0 aliphatic carbocycles. The average molecular weight is 312 g/mol. The molecule has 0 fully saturated rings. The van der Waals surface area contributed by atoms with E-state index in [-0.39, 0.29) is 11.1 Å². The second-order valence-electron chi connectivity index (χ2n) is 5.33. The van der Waals surface area contributed by atoms with Gasteiger partial charge >= 0.3 is 0 Å². The van der Waals surface area contributed by atoms with E-state index in [1.54, 1.807) is 23.1 Å². The highest BCUT2D eigenvalue weighted by molar-refractivity contribution is 7.99. The number of anilines is 1. The Labute approximate surface area is 127 Å². The lowest BCUT2D eigenvalue weighted by molar-refractivity contribution is -0.0546. The first kappa shape index (κ1) is 14.2. The molecule has 5 nitrogen and oxygen atoms in total. The number of nitrogens with zero attached hydrogens (tertiary/aromatic N) is 1. The third-order valence-corrected chi connectivity index (χ3v) is 5.85. The summed E-state index contributed by atoms with van der Waals surface area (Å²) < 4.78 is 6.03. The number of fused-ring (bicyclic) bond motifs is 3. The first-order valence-electron chi connectivity index (χ1n) is 6.73. The molecule has 0 radical (unpaired) electrons. The molecular formula is C13H20N4OS2. The summed E-state index contributed by atoms with van der Waals surface area (Å²) in [6.45, 7) is 5.02. The number of rotatable bonds is 2. The lowest BCUT2D eigenvalue weighted by atomic mass is 9.89. The van der Waals surface area contributed by atoms with Crippen molar-refractivity contribution in [3.8, 4) is 0 Å². The third kappa shape index (κ3) is 2.22. The zero-order valence-electron chi connectivity index (χ0n) is 11.9. The van der Waals surface area contributed by atoms with Crippen LogP contribution in [-0.4, -0.2) is 23.2 Å². The second kappa shape index (κ2) is 5.22. The fourth-order valence-corrected chi connectivity index (χ4v) is 4.28. The van der Waals surface area contributed by atoms with Gasteiger partial charge in [-0.05, 0) is 25.2 Å². The molecule has 0 saturated heterocycles. The number of hydrogen-bond donors (Lipinski definition) is 3. The van der Waals surface area contributed by atoms with Crippen molar-refractivity contribution in [2.45, 2.75) is 44.4 Å². The smallest absolute Gasteiger partial charge is 0.169 e. The number of amidine groups is 1. The summed E-state index contributed by atoms with van der Waals surface area (Å²) in [5.74, 6) is 6.47. The minimum absolute atomic E-state index is 0.0205. The summed E-state index contributed by atoms with van der Waals surface area (Å²) in [7, 11) is 0. The standard InChI is InChI=1S/C13H20N4OS2/c1-4-13(2)5-7-8(6-18-13)20-11-9(7)10(17-14)15-12(16-11)19-3/h12,16H,4-6,14H2,1-3H3,(H,15,17)/t12-,13-/m0/s1. The topological polar surface area (TPSA) is 71.7 Å². The first-order valence-corrected chi connectivity index (χ1v) is 8.83. The van der Waals surface area contributed by atoms with Gasteiger partial charge in [-0.2, -0.15) is 0 Å². The molecule has 1 aromatic heterocycles. The van der Waals surface area contributed by atoms with E-state index < -0.39 is 0 Å². The van der Waals surface area contributed by atoms with Gasteiger partial charge in [-0.15, -0.1) is 23.1 Å². The number of thioether (sulfide) groups is 1. The van der Waals surface area contributed by atoms with Gasteiger partial charge in [0.05, 0.1) is 17.8 Å². The summed E-state index contributed by atoms with van der Waals surface area (Å²) in [4.78, 5) is 5.90. The molecule has 3 heterocycles. The summed E-state index contributed by atoms with van der Waals surface area (Å²) in [6.07, 6.45) is 3.95. The van der Waals surface area contributed by atoms with Crippen LogP contribution in [0.2, 0.25) is 0 Å². The van der Waals surface area contributed by atoms with E-state index >= 15 is 0 Å². The molecule has 1 aromatic rings. The van der Waals surface area contributed by atoms with Gasteiger partial charge in [0.15, 0.2) is 5.50 Å². The Bertz CT molecular complexity index is 557. The van der Waals surface area contributed by atoms with Gasteiger partial charge in [0.1, 0.15) is 10.8 Å². The number of thiophene rings is 1. The monoisotopic (exact) mass is 312 g/mol. The summed E-state index contributed by atoms with van der Waals surface area (Å²) in [5.41, 5.74) is 5.18. The maximum Gasteiger partial charge on any atom is 0.169 e. The van der Waals surface area contributed by atoms with Gasteiger partial charge in [0.2, 0.25) is 0 Å². The molecule has 0 amide bonds. The van der Waals surface area contributed by atoms with Crippen LogP contribution in [-0.2, 0) is 17.8 Å². The van der Waals surface area contributed by atoms with Crippen LogP contribution in [0.15, 0.2) is 4.99 Å². The van der Waals surface area contributed by atoms with E-state index in [1.807, 2.05) is 6.26 Å². The summed E-state index contributed by atoms with van der Waals surface area (Å²) in [6, 6.07) is 0. The Balaban J connectivity index is 2.05. The van der Waals surface area contributed by atoms with Crippen molar-refractivity contribution in [2.75, 3.05) is 11.6 Å². The molecule has 3 rings (SSSR count). The molecule has 2 aliphatic heterocycles. The maximum atomic E-state index is 6.03. The normalized spacial score (nSPS) is 28.2. The van der Waals surface area contributed by atoms with E-state index in [1.165, 1.54) is 10.4 Å². The quantitative estimate of drug-likeness (QED) is 0.577. The van der Waals surface area contributed by atoms with Crippen molar-refractivity contribution in [3.05, 3.63) is 16.0 Å². The molecule has 0 spiro atoms. The zero-order valence-corrected chi connectivity index (χ0v) is 13.6. The number of nitrogens with two attached hydrogens (primary N) is 1. The van der Waals surface area contributed by atoms with E-state index in [9.17, 15) is 0 Å². The fourth-order valence-electron chi connectivity index (χ4n) is 2.61. The molecule has 7 heteroatoms. The van der Waals surface area contributed by atoms with Crippen molar-refractivity contribution in [1.29, 1.82) is 0 Å². The van der Waals surface area contributed by atoms with Gasteiger partial charge in [0.25, 0.3) is 0 Å². The van der Waals surface area contributed by atoms with Gasteiger partial charge in [-0.25, -0.2) is 10.8 Å². The van der Waals surface area contributed by atoms with Crippen molar-refractivity contribution >= 4 is 33.9 Å². The largest absolute Gasteiger partial charge is 0.369 e. The molecule has 2 atom stereocenters. The van der Waals surface area contributed by atoms with Crippen molar-refractivity contribution in [3.63, 3.8) is 0 Å². The molecule has 2 aliphatic rings. The van der Waals surface area contributed by atoms with Crippen molar-refractivity contribution in [1.82, 2.24) is 5.43 Å². The maximum absolute atomic E-state index is 6.03. The van der Waals surface area contributed by atoms with Crippen LogP contribution in [0.25, 0.3) is 0 Å². The molecule has 0 bridgehead atoms. The molecule has 0 unspecified atom stereocenters. The van der Waals surface area contributed by atoms with Gasteiger partial charge < -0.3 is 15.5 Å². The van der Waals surface area contributed by atoms with Crippen LogP contribution in [0.5, 0.6) is 0 Å². The number of hydrogen-bond acceptors (Lipinski definition) is 7. The molecular weight excluding hydrogens is 292 g/mol. The molecule has 20 heavy (non-hydrogen) atoms. The molecule has 0 saturated carbocycles. The highest BCUT2D eigenvalue weighted by Crippen LogP contribution is 2.43. The zero-order chi connectivity index (χ0) is 14.3. The number of ether oxygens (including phenoxy) is 1. The highest BCUT2D eigenvalue weighted by Gasteiger charge is 2.36. The minimum atomic E-state index is -0.0854. The van der Waals surface area contributed by atoms with Crippen LogP contribution in [0, 0.1) is 0 Å². The van der Waals surface area contributed by atoms with Crippen LogP contribution < -0.4 is 16.6 Å². The third-order valence-electron chi connectivity index (χ3n) is 4.04. The Morgan fingerprint density at radius 2 is 2.45 bits per heavy atom. The van der Waals surface area contributed by atoms with Gasteiger partial charge in [-0.1, -0.05) is 6.92 Å². The SMILES string of the molecule is CC[C@@]1(C)Cc2c(sc3c2C(NN)=N[C@H](SC)N3)CO1. The number of hydrazine groups is 1. The predicted molar refractivity (Wildman–Crippen MR) is 86.3 cm³/mol. The van der Waals surface area contributed by atoms with Crippen molar-refractivity contribution in [2.24, 2.45) is 10.8 Å². The highest BCUT2D eigenvalue weighted by atomic mass is 32.2. The van der Waals surface area contributed by atoms with E-state index in [4.69, 9.17) is 10.6 Å². The van der Waals surface area contributed by atoms with Crippen LogP contribution in [0.3, 0.4) is 0 Å². The molecule has 110 valence electrons. The Hall–Kier alpha value is -0.760. The lowest BCUT2D eigenvalue weighted by Crippen LogP contribution is -2.39. The summed E-state index contributed by atoms with van der Waals surface area (Å²) in [5, 5.41) is 4.61. The van der Waals surface area contributed by atoms with Gasteiger partial charge in [0, 0.05) is 11.3 Å². The summed E-state index contributed by atoms with van der Waals surface area (Å²) >= 11 is 3.42. The molecule has 0 aromatic carbocycles. The first-order chi connectivity index (χ1) is 9.60. The van der Waals surface area contributed by atoms with Gasteiger partial charge in [-0.3, -0.25) is 0 Å². The van der Waals surface area contributed by atoms with Crippen LogP contribution >= 0.6 is 23.1 Å². The van der Waals surface area contributed by atoms with Crippen LogP contribution in [0.4, 0.5) is 5.00 Å². The molecule has 4 N–H and O–H groups in total. The lowest BCUT2D eigenvalue weighted by Gasteiger charge is -2.33. The number of aliphatic imine (C=N–C) groups is 1. The Kier molecular flexibility index (Phi) is 3.70. The fraction of sp³-hybridized carbons (Fsp3) is 0.615. The van der Waals surface area contributed by atoms with Crippen molar-refractivity contribution < 1.29 is 4.74 Å². The Morgan fingerprint density at radius 1 is 1.65 bits per heavy atom. The van der Waals surface area contributed by atoms with E-state index in [0.717, 1.165) is 29.2 Å². The van der Waals surface area contributed by atoms with E-state index in [0.29, 0.717) is 6.61 Å². The number of nitrogens with one attached hydrogen (secondary N) is 2. The van der Waals surface area contributed by atoms with E-state index in [2.05, 4.69) is 29.6 Å². The van der Waals surface area contributed by atoms with Crippen LogP contribution in [0.1, 0.15) is 36.3 Å².